The van der Waals surface area contributed by atoms with Crippen molar-refractivity contribution < 1.29 is 4.74 Å². The van der Waals surface area contributed by atoms with Crippen LogP contribution in [0, 0.1) is 25.2 Å². The van der Waals surface area contributed by atoms with E-state index >= 15 is 0 Å². The number of fused-ring (bicyclic) bond motifs is 1. The lowest BCUT2D eigenvalue weighted by molar-refractivity contribution is -0.0346. The summed E-state index contributed by atoms with van der Waals surface area (Å²) in [5.74, 6) is 0. The van der Waals surface area contributed by atoms with E-state index in [2.05, 4.69) is 48.0 Å². The van der Waals surface area contributed by atoms with Crippen LogP contribution in [0.1, 0.15) is 41.1 Å². The first-order valence-corrected chi connectivity index (χ1v) is 11.1. The first-order valence-electron chi connectivity index (χ1n) is 11.1. The number of benzene rings is 3. The van der Waals surface area contributed by atoms with Crippen LogP contribution in [-0.4, -0.2) is 10.7 Å². The van der Waals surface area contributed by atoms with Crippen LogP contribution in [0.4, 0.5) is 5.69 Å². The van der Waals surface area contributed by atoms with Crippen LogP contribution in [0.15, 0.2) is 66.9 Å². The van der Waals surface area contributed by atoms with E-state index < -0.39 is 0 Å². The van der Waals surface area contributed by atoms with Crippen LogP contribution in [-0.2, 0) is 11.3 Å². The Kier molecular flexibility index (Phi) is 5.20. The molecule has 0 amide bonds. The largest absolute Gasteiger partial charge is 0.398 e. The summed E-state index contributed by atoms with van der Waals surface area (Å²) >= 11 is 0. The van der Waals surface area contributed by atoms with Gasteiger partial charge in [-0.2, -0.15) is 5.26 Å². The average Bonchev–Trinajstić information content (AvgIpc) is 3.12. The summed E-state index contributed by atoms with van der Waals surface area (Å²) in [6.45, 7) is 4.72. The molecule has 1 aliphatic rings. The number of ether oxygens (including phenoxy) is 1. The average molecular weight is 422 g/mol. The smallest absolute Gasteiger partial charge is 0.0994 e. The minimum atomic E-state index is 0.273. The zero-order chi connectivity index (χ0) is 22.2. The topological polar surface area (TPSA) is 64.0 Å². The van der Waals surface area contributed by atoms with Gasteiger partial charge < -0.3 is 15.0 Å². The second-order valence-corrected chi connectivity index (χ2v) is 8.81. The quantitative estimate of drug-likeness (QED) is 0.385. The fraction of sp³-hybridized carbons (Fsp3) is 0.250. The molecule has 4 heteroatoms. The first kappa shape index (κ1) is 20.4. The van der Waals surface area contributed by atoms with Crippen LogP contribution >= 0.6 is 0 Å². The van der Waals surface area contributed by atoms with E-state index in [-0.39, 0.29) is 6.10 Å². The van der Waals surface area contributed by atoms with Crippen LogP contribution in [0.3, 0.4) is 0 Å². The lowest BCUT2D eigenvalue weighted by Gasteiger charge is -2.36. The van der Waals surface area contributed by atoms with Gasteiger partial charge in [-0.05, 0) is 67.1 Å². The summed E-state index contributed by atoms with van der Waals surface area (Å²) in [5, 5.41) is 10.7. The molecule has 0 unspecified atom stereocenters. The number of hydrogen-bond acceptors (Lipinski definition) is 3. The minimum Gasteiger partial charge on any atom is -0.398 e. The SMILES string of the molecule is Cc1cc2c(cc1C#N)c(-c1cccc(N)c1C)cn2C1CC(OCc2ccccc2)C1. The van der Waals surface area contributed by atoms with Crippen molar-refractivity contribution in [3.63, 3.8) is 0 Å². The molecule has 0 spiro atoms. The molecule has 2 N–H and O–H groups in total. The Balaban J connectivity index is 1.47. The second-order valence-electron chi connectivity index (χ2n) is 8.81. The molecule has 1 aromatic heterocycles. The third kappa shape index (κ3) is 3.55. The maximum Gasteiger partial charge on any atom is 0.0994 e. The first-order chi connectivity index (χ1) is 15.5. The second kappa shape index (κ2) is 8.18. The Morgan fingerprint density at radius 3 is 2.56 bits per heavy atom. The minimum absolute atomic E-state index is 0.273. The highest BCUT2D eigenvalue weighted by molar-refractivity contribution is 5.98. The Morgan fingerprint density at radius 1 is 1.03 bits per heavy atom. The number of aryl methyl sites for hydroxylation is 1. The Labute approximate surface area is 188 Å². The van der Waals surface area contributed by atoms with Crippen molar-refractivity contribution in [3.05, 3.63) is 89.1 Å². The number of nitrogen functional groups attached to an aromatic ring is 1. The van der Waals surface area contributed by atoms with Crippen molar-refractivity contribution in [2.24, 2.45) is 0 Å². The van der Waals surface area contributed by atoms with Gasteiger partial charge >= 0.3 is 0 Å². The van der Waals surface area contributed by atoms with Crippen molar-refractivity contribution in [2.45, 2.75) is 45.4 Å². The summed E-state index contributed by atoms with van der Waals surface area (Å²) < 4.78 is 8.52. The van der Waals surface area contributed by atoms with Crippen molar-refractivity contribution in [1.82, 2.24) is 4.57 Å². The van der Waals surface area contributed by atoms with Crippen molar-refractivity contribution >= 4 is 16.6 Å². The van der Waals surface area contributed by atoms with E-state index in [4.69, 9.17) is 10.5 Å². The molecule has 160 valence electrons. The van der Waals surface area contributed by atoms with E-state index in [9.17, 15) is 5.26 Å². The van der Waals surface area contributed by atoms with Crippen LogP contribution < -0.4 is 5.73 Å². The Bertz CT molecular complexity index is 1320. The van der Waals surface area contributed by atoms with Gasteiger partial charge in [0.05, 0.1) is 24.3 Å². The molecule has 5 rings (SSSR count). The van der Waals surface area contributed by atoms with Gasteiger partial charge in [0.15, 0.2) is 0 Å². The van der Waals surface area contributed by atoms with E-state index in [1.165, 1.54) is 11.1 Å². The van der Waals surface area contributed by atoms with E-state index in [1.54, 1.807) is 0 Å². The molecular formula is C28H27N3O. The van der Waals surface area contributed by atoms with Gasteiger partial charge in [-0.15, -0.1) is 0 Å². The molecule has 1 aliphatic carbocycles. The molecule has 4 nitrogen and oxygen atoms in total. The molecule has 0 aliphatic heterocycles. The number of hydrogen-bond donors (Lipinski definition) is 1. The monoisotopic (exact) mass is 421 g/mol. The van der Waals surface area contributed by atoms with E-state index in [0.29, 0.717) is 12.6 Å². The van der Waals surface area contributed by atoms with Crippen molar-refractivity contribution in [3.8, 4) is 17.2 Å². The van der Waals surface area contributed by atoms with Crippen LogP contribution in [0.5, 0.6) is 0 Å². The molecule has 1 heterocycles. The summed E-state index contributed by atoms with van der Waals surface area (Å²) in [6.07, 6.45) is 4.50. The number of aromatic nitrogens is 1. The van der Waals surface area contributed by atoms with Crippen LogP contribution in [0.2, 0.25) is 0 Å². The van der Waals surface area contributed by atoms with Gasteiger partial charge in [0.1, 0.15) is 0 Å². The zero-order valence-electron chi connectivity index (χ0n) is 18.5. The summed E-state index contributed by atoms with van der Waals surface area (Å²) in [4.78, 5) is 0. The highest BCUT2D eigenvalue weighted by atomic mass is 16.5. The fourth-order valence-electron chi connectivity index (χ4n) is 4.67. The van der Waals surface area contributed by atoms with Gasteiger partial charge in [-0.1, -0.05) is 42.5 Å². The van der Waals surface area contributed by atoms with E-state index in [0.717, 1.165) is 51.7 Å². The van der Waals surface area contributed by atoms with Gasteiger partial charge in [0, 0.05) is 34.4 Å². The standard InChI is InChI=1S/C28H27N3O/c1-18-11-28-25(12-21(18)15-29)26(24-9-6-10-27(30)19(24)2)16-31(28)22-13-23(14-22)32-17-20-7-4-3-5-8-20/h3-12,16,22-23H,13-14,17,30H2,1-2H3. The molecule has 0 bridgehead atoms. The van der Waals surface area contributed by atoms with E-state index in [1.807, 2.05) is 43.3 Å². The number of nitriles is 1. The summed E-state index contributed by atoms with van der Waals surface area (Å²) in [7, 11) is 0. The third-order valence-electron chi connectivity index (χ3n) is 6.76. The van der Waals surface area contributed by atoms with Crippen LogP contribution in [0.25, 0.3) is 22.0 Å². The molecule has 0 saturated heterocycles. The summed E-state index contributed by atoms with van der Waals surface area (Å²) in [5.41, 5.74) is 14.4. The molecule has 3 aromatic carbocycles. The molecule has 4 aromatic rings. The van der Waals surface area contributed by atoms with Gasteiger partial charge in [-0.25, -0.2) is 0 Å². The Hall–Kier alpha value is -3.55. The molecule has 0 radical (unpaired) electrons. The normalized spacial score (nSPS) is 17.8. The number of nitrogens with two attached hydrogens (primary N) is 1. The van der Waals surface area contributed by atoms with Crippen molar-refractivity contribution in [2.75, 3.05) is 5.73 Å². The lowest BCUT2D eigenvalue weighted by atomic mass is 9.88. The molecule has 1 saturated carbocycles. The van der Waals surface area contributed by atoms with Crippen molar-refractivity contribution in [1.29, 1.82) is 5.26 Å². The molecular weight excluding hydrogens is 394 g/mol. The van der Waals surface area contributed by atoms with Gasteiger partial charge in [-0.3, -0.25) is 0 Å². The molecule has 32 heavy (non-hydrogen) atoms. The molecule has 1 fully saturated rings. The van der Waals surface area contributed by atoms with Gasteiger partial charge in [0.25, 0.3) is 0 Å². The van der Waals surface area contributed by atoms with Gasteiger partial charge in [0.2, 0.25) is 0 Å². The number of anilines is 1. The highest BCUT2D eigenvalue weighted by Gasteiger charge is 2.32. The fourth-order valence-corrected chi connectivity index (χ4v) is 4.67. The third-order valence-corrected chi connectivity index (χ3v) is 6.76. The molecule has 0 atom stereocenters. The lowest BCUT2D eigenvalue weighted by Crippen LogP contribution is -2.33. The Morgan fingerprint density at radius 2 is 1.81 bits per heavy atom. The number of nitrogens with zero attached hydrogens (tertiary/aromatic N) is 2. The summed E-state index contributed by atoms with van der Waals surface area (Å²) in [6, 6.07) is 23.3. The maximum atomic E-state index is 9.61. The maximum absolute atomic E-state index is 9.61. The zero-order valence-corrected chi connectivity index (χ0v) is 18.5. The predicted octanol–water partition coefficient (Wildman–Crippen LogP) is 6.30. The predicted molar refractivity (Wildman–Crippen MR) is 129 cm³/mol. The highest BCUT2D eigenvalue weighted by Crippen LogP contribution is 2.42. The number of rotatable bonds is 5.